The van der Waals surface area contributed by atoms with Gasteiger partial charge in [-0.1, -0.05) is 115 Å². The van der Waals surface area contributed by atoms with E-state index in [4.69, 9.17) is 0 Å². The van der Waals surface area contributed by atoms with Gasteiger partial charge in [-0.3, -0.25) is 4.79 Å². The van der Waals surface area contributed by atoms with E-state index >= 15 is 0 Å². The van der Waals surface area contributed by atoms with E-state index in [0.29, 0.717) is 6.42 Å². The highest BCUT2D eigenvalue weighted by atomic mass is 16.5. The van der Waals surface area contributed by atoms with Gasteiger partial charge in [0.2, 0.25) is 0 Å². The van der Waals surface area contributed by atoms with E-state index in [1.807, 2.05) is 0 Å². The quantitative estimate of drug-likeness (QED) is 0.102. The van der Waals surface area contributed by atoms with Crippen molar-refractivity contribution in [1.82, 2.24) is 0 Å². The Hall–Kier alpha value is -1.05. The molecule has 0 N–H and O–H groups in total. The minimum atomic E-state index is -0.107. The van der Waals surface area contributed by atoms with Crippen molar-refractivity contribution >= 4 is 5.97 Å². The third-order valence-corrected chi connectivity index (χ3v) is 5.54. The molecule has 0 bridgehead atoms. The van der Waals surface area contributed by atoms with E-state index in [-0.39, 0.29) is 5.97 Å². The van der Waals surface area contributed by atoms with Gasteiger partial charge in [0.1, 0.15) is 0 Å². The second-order valence-electron chi connectivity index (χ2n) is 8.37. The number of carbonyl (C=O) groups excluding carboxylic acids is 1. The van der Waals surface area contributed by atoms with E-state index in [1.165, 1.54) is 103 Å². The van der Waals surface area contributed by atoms with Crippen LogP contribution in [0.2, 0.25) is 0 Å². The van der Waals surface area contributed by atoms with Crippen LogP contribution in [0, 0.1) is 0 Å². The molecule has 2 nitrogen and oxygen atoms in total. The van der Waals surface area contributed by atoms with Gasteiger partial charge in [-0.05, 0) is 38.5 Å². The Morgan fingerprint density at radius 1 is 0.552 bits per heavy atom. The molecule has 0 aromatic heterocycles. The molecule has 29 heavy (non-hydrogen) atoms. The molecule has 0 saturated heterocycles. The van der Waals surface area contributed by atoms with Crippen LogP contribution >= 0.6 is 0 Å². The Kier molecular flexibility index (Phi) is 24.1. The lowest BCUT2D eigenvalue weighted by molar-refractivity contribution is -0.140. The standard InChI is InChI=1S/C27H50O2/c1-3-4-5-6-7-8-9-10-11-12-13-14-15-16-17-18-19-20-21-22-23-24-25-26-27(28)29-2/h18-19,22-23H,3-17,20-21,24-26H2,1-2H3/b19-18-,23-22+. The zero-order valence-corrected chi connectivity index (χ0v) is 19.8. The second-order valence-corrected chi connectivity index (χ2v) is 8.37. The molecule has 0 spiro atoms. The lowest BCUT2D eigenvalue weighted by atomic mass is 10.0. The second kappa shape index (κ2) is 25.0. The summed E-state index contributed by atoms with van der Waals surface area (Å²) in [6.45, 7) is 2.29. The lowest BCUT2D eigenvalue weighted by Crippen LogP contribution is -1.98. The fraction of sp³-hybridized carbons (Fsp3) is 0.815. The summed E-state index contributed by atoms with van der Waals surface area (Å²) in [4.78, 5) is 11.0. The molecule has 170 valence electrons. The number of hydrogen-bond acceptors (Lipinski definition) is 2. The van der Waals surface area contributed by atoms with Gasteiger partial charge < -0.3 is 4.74 Å². The first-order chi connectivity index (χ1) is 14.3. The molecule has 0 fully saturated rings. The molecule has 0 saturated carbocycles. The summed E-state index contributed by atoms with van der Waals surface area (Å²) in [5.74, 6) is -0.107. The average molecular weight is 407 g/mol. The largest absolute Gasteiger partial charge is 0.469 e. The number of esters is 1. The minimum absolute atomic E-state index is 0.107. The third kappa shape index (κ3) is 24.9. The smallest absolute Gasteiger partial charge is 0.305 e. The molecular formula is C27H50O2. The van der Waals surface area contributed by atoms with Gasteiger partial charge in [-0.25, -0.2) is 0 Å². The third-order valence-electron chi connectivity index (χ3n) is 5.54. The highest BCUT2D eigenvalue weighted by Crippen LogP contribution is 2.13. The Labute approximate surface area is 182 Å². The van der Waals surface area contributed by atoms with Crippen LogP contribution in [0.1, 0.15) is 135 Å². The summed E-state index contributed by atoms with van der Waals surface area (Å²) in [7, 11) is 1.45. The predicted octanol–water partition coefficient (Wildman–Crippen LogP) is 9.09. The minimum Gasteiger partial charge on any atom is -0.469 e. The molecule has 0 aromatic rings. The Morgan fingerprint density at radius 2 is 0.931 bits per heavy atom. The molecule has 0 radical (unpaired) electrons. The van der Waals surface area contributed by atoms with E-state index in [1.54, 1.807) is 0 Å². The van der Waals surface area contributed by atoms with E-state index in [9.17, 15) is 4.79 Å². The molecule has 2 heteroatoms. The van der Waals surface area contributed by atoms with Crippen molar-refractivity contribution in [2.75, 3.05) is 7.11 Å². The van der Waals surface area contributed by atoms with Crippen molar-refractivity contribution in [2.24, 2.45) is 0 Å². The summed E-state index contributed by atoms with van der Waals surface area (Å²) in [6.07, 6.45) is 34.9. The number of methoxy groups -OCH3 is 1. The monoisotopic (exact) mass is 406 g/mol. The van der Waals surface area contributed by atoms with E-state index in [0.717, 1.165) is 25.7 Å². The zero-order chi connectivity index (χ0) is 21.3. The van der Waals surface area contributed by atoms with Crippen LogP contribution in [0.3, 0.4) is 0 Å². The van der Waals surface area contributed by atoms with Gasteiger partial charge in [0.15, 0.2) is 0 Å². The van der Waals surface area contributed by atoms with Gasteiger partial charge in [-0.15, -0.1) is 0 Å². The number of ether oxygens (including phenoxy) is 1. The average Bonchev–Trinajstić information content (AvgIpc) is 2.74. The van der Waals surface area contributed by atoms with Crippen LogP contribution in [-0.2, 0) is 9.53 Å². The van der Waals surface area contributed by atoms with Crippen molar-refractivity contribution in [3.63, 3.8) is 0 Å². The summed E-state index contributed by atoms with van der Waals surface area (Å²) in [6, 6.07) is 0. The molecule has 0 aliphatic rings. The summed E-state index contributed by atoms with van der Waals surface area (Å²) < 4.78 is 4.63. The number of hydrogen-bond donors (Lipinski definition) is 0. The van der Waals surface area contributed by atoms with Gasteiger partial charge in [0.25, 0.3) is 0 Å². The fourth-order valence-electron chi connectivity index (χ4n) is 3.59. The van der Waals surface area contributed by atoms with E-state index < -0.39 is 0 Å². The maximum Gasteiger partial charge on any atom is 0.305 e. The predicted molar refractivity (Wildman–Crippen MR) is 128 cm³/mol. The molecular weight excluding hydrogens is 356 g/mol. The van der Waals surface area contributed by atoms with Crippen LogP contribution in [0.5, 0.6) is 0 Å². The number of allylic oxidation sites excluding steroid dienone is 4. The maximum absolute atomic E-state index is 11.0. The molecule has 0 amide bonds. The number of carbonyl (C=O) groups is 1. The van der Waals surface area contributed by atoms with Crippen LogP contribution in [0.25, 0.3) is 0 Å². The van der Waals surface area contributed by atoms with Crippen LogP contribution < -0.4 is 0 Å². The van der Waals surface area contributed by atoms with Gasteiger partial charge >= 0.3 is 5.97 Å². The molecule has 0 aliphatic carbocycles. The van der Waals surface area contributed by atoms with Gasteiger partial charge in [0.05, 0.1) is 7.11 Å². The summed E-state index contributed by atoms with van der Waals surface area (Å²) >= 11 is 0. The number of rotatable bonds is 22. The number of unbranched alkanes of at least 4 members (excludes halogenated alkanes) is 16. The van der Waals surface area contributed by atoms with Crippen LogP contribution in [0.4, 0.5) is 0 Å². The Balaban J connectivity index is 3.16. The highest BCUT2D eigenvalue weighted by molar-refractivity contribution is 5.69. The lowest BCUT2D eigenvalue weighted by Gasteiger charge is -2.02. The van der Waals surface area contributed by atoms with Gasteiger partial charge in [0, 0.05) is 6.42 Å². The Morgan fingerprint density at radius 3 is 1.38 bits per heavy atom. The summed E-state index contributed by atoms with van der Waals surface area (Å²) in [5, 5.41) is 0. The zero-order valence-electron chi connectivity index (χ0n) is 19.8. The SMILES string of the molecule is CCCCCCCCCCCCCCCC/C=C\CC/C=C/CCCC(=O)OC. The van der Waals surface area contributed by atoms with Gasteiger partial charge in [-0.2, -0.15) is 0 Å². The fourth-order valence-corrected chi connectivity index (χ4v) is 3.59. The van der Waals surface area contributed by atoms with Crippen molar-refractivity contribution in [2.45, 2.75) is 135 Å². The topological polar surface area (TPSA) is 26.3 Å². The summed E-state index contributed by atoms with van der Waals surface area (Å²) in [5.41, 5.74) is 0. The molecule has 0 rings (SSSR count). The first-order valence-electron chi connectivity index (χ1n) is 12.7. The normalized spacial score (nSPS) is 11.7. The molecule has 0 aliphatic heterocycles. The molecule has 0 heterocycles. The van der Waals surface area contributed by atoms with Crippen molar-refractivity contribution in [3.05, 3.63) is 24.3 Å². The maximum atomic E-state index is 11.0. The first-order valence-corrected chi connectivity index (χ1v) is 12.7. The Bertz CT molecular complexity index is 384. The van der Waals surface area contributed by atoms with Crippen LogP contribution in [-0.4, -0.2) is 13.1 Å². The molecule has 0 aromatic carbocycles. The van der Waals surface area contributed by atoms with Crippen molar-refractivity contribution in [3.8, 4) is 0 Å². The van der Waals surface area contributed by atoms with Crippen molar-refractivity contribution < 1.29 is 9.53 Å². The highest BCUT2D eigenvalue weighted by Gasteiger charge is 1.96. The molecule has 0 unspecified atom stereocenters. The van der Waals surface area contributed by atoms with Crippen LogP contribution in [0.15, 0.2) is 24.3 Å². The first kappa shape index (κ1) is 27.9. The van der Waals surface area contributed by atoms with Crippen molar-refractivity contribution in [1.29, 1.82) is 0 Å². The molecule has 0 atom stereocenters. The van der Waals surface area contributed by atoms with E-state index in [2.05, 4.69) is 36.0 Å².